The normalized spacial score (nSPS) is 19.7. The molecule has 7 rings (SSSR count). The van der Waals surface area contributed by atoms with Gasteiger partial charge in [0.2, 0.25) is 0 Å². The fourth-order valence-corrected chi connectivity index (χ4v) is 7.70. The Kier molecular flexibility index (Phi) is 9.38. The minimum Gasteiger partial charge on any atom is -0.494 e. The van der Waals surface area contributed by atoms with Crippen molar-refractivity contribution >= 4 is 23.0 Å². The number of methoxy groups -OCH3 is 1. The Bertz CT molecular complexity index is 1820. The van der Waals surface area contributed by atoms with Crippen LogP contribution in [-0.4, -0.2) is 76.8 Å². The van der Waals surface area contributed by atoms with Gasteiger partial charge >= 0.3 is 0 Å². The van der Waals surface area contributed by atoms with E-state index in [0.29, 0.717) is 41.7 Å². The van der Waals surface area contributed by atoms with E-state index in [9.17, 15) is 13.2 Å². The Balaban J connectivity index is 1.13. The van der Waals surface area contributed by atoms with Gasteiger partial charge in [0.1, 0.15) is 36.2 Å². The highest BCUT2D eigenvalue weighted by molar-refractivity contribution is 5.85. The molecule has 0 radical (unpaired) electrons. The molecule has 5 heterocycles. The molecule has 2 aromatic carbocycles. The van der Waals surface area contributed by atoms with E-state index in [1.54, 1.807) is 22.9 Å². The van der Waals surface area contributed by atoms with Gasteiger partial charge in [0, 0.05) is 78.9 Å². The molecule has 266 valence electrons. The maximum atomic E-state index is 14.7. The first-order valence-corrected chi connectivity index (χ1v) is 17.3. The monoisotopic (exact) mass is 690 g/mol. The second kappa shape index (κ2) is 13.7. The van der Waals surface area contributed by atoms with E-state index in [4.69, 9.17) is 9.57 Å². The molecule has 3 aliphatic heterocycles. The Morgan fingerprint density at radius 2 is 1.78 bits per heavy atom. The second-order valence-corrected chi connectivity index (χ2v) is 14.4. The lowest BCUT2D eigenvalue weighted by Gasteiger charge is -2.50. The summed E-state index contributed by atoms with van der Waals surface area (Å²) >= 11 is 0. The van der Waals surface area contributed by atoms with E-state index in [-0.39, 0.29) is 12.1 Å². The number of hydrogen-bond acceptors (Lipinski definition) is 9. The largest absolute Gasteiger partial charge is 0.494 e. The molecule has 0 unspecified atom stereocenters. The third-order valence-corrected chi connectivity index (χ3v) is 10.9. The molecule has 0 aliphatic carbocycles. The quantitative estimate of drug-likeness (QED) is 0.196. The van der Waals surface area contributed by atoms with E-state index in [1.807, 2.05) is 33.3 Å². The zero-order valence-electron chi connectivity index (χ0n) is 29.1. The number of hydroxylamine groups is 1. The molecule has 2 aromatic heterocycles. The zero-order valence-corrected chi connectivity index (χ0v) is 29.1. The van der Waals surface area contributed by atoms with Gasteiger partial charge in [0.15, 0.2) is 5.82 Å². The molecule has 3 aliphatic rings. The van der Waals surface area contributed by atoms with Crippen molar-refractivity contribution in [1.82, 2.24) is 24.6 Å². The van der Waals surface area contributed by atoms with E-state index < -0.39 is 23.2 Å². The van der Waals surface area contributed by atoms with Crippen LogP contribution in [0, 0.1) is 17.0 Å². The van der Waals surface area contributed by atoms with E-state index >= 15 is 0 Å². The highest BCUT2D eigenvalue weighted by Gasteiger charge is 2.41. The average molecular weight is 691 g/mol. The van der Waals surface area contributed by atoms with Crippen LogP contribution in [0.2, 0.25) is 0 Å². The molecule has 10 nitrogen and oxygen atoms in total. The van der Waals surface area contributed by atoms with Crippen molar-refractivity contribution in [3.8, 4) is 16.9 Å². The van der Waals surface area contributed by atoms with Gasteiger partial charge in [-0.25, -0.2) is 28.2 Å². The number of benzene rings is 2. The highest BCUT2D eigenvalue weighted by atomic mass is 19.1. The molecule has 0 bridgehead atoms. The molecule has 1 atom stereocenters. The second-order valence-electron chi connectivity index (χ2n) is 14.4. The van der Waals surface area contributed by atoms with Crippen LogP contribution in [0.15, 0.2) is 55.1 Å². The zero-order chi connectivity index (χ0) is 35.0. The Hall–Kier alpha value is -4.36. The molecule has 3 saturated heterocycles. The van der Waals surface area contributed by atoms with Crippen LogP contribution in [0.3, 0.4) is 0 Å². The summed E-state index contributed by atoms with van der Waals surface area (Å²) in [7, 11) is 3.55. The molecule has 13 heteroatoms. The number of hydrogen-bond donors (Lipinski definition) is 1. The number of alkyl halides is 1. The Labute approximate surface area is 291 Å². The fourth-order valence-electron chi connectivity index (χ4n) is 7.70. The SMILES string of the molecule is COc1cc(N2CCC3(CC2)CCN(C(C)(C)CF)CC3)c(-c2cnn(C)c2)cc1Nc1cc(N2OCC[C@@H]2c2ccc(F)cc2F)ncn1. The number of aryl methyl sites for hydroxylation is 1. The molecule has 0 amide bonds. The molecular weight excluding hydrogens is 645 g/mol. The van der Waals surface area contributed by atoms with Gasteiger partial charge in [0.05, 0.1) is 31.6 Å². The number of likely N-dealkylation sites (tertiary alicyclic amines) is 1. The number of halogens is 3. The number of rotatable bonds is 9. The van der Waals surface area contributed by atoms with E-state index in [0.717, 1.165) is 74.7 Å². The third-order valence-electron chi connectivity index (χ3n) is 10.9. The third kappa shape index (κ3) is 6.72. The number of nitrogens with one attached hydrogen (secondary N) is 1. The lowest BCUT2D eigenvalue weighted by atomic mass is 9.70. The van der Waals surface area contributed by atoms with Gasteiger partial charge < -0.3 is 15.0 Å². The standard InChI is InChI=1S/C37H45F3N8O2/c1-36(2,23-38)47-14-10-37(11-15-47)8-12-46(13-9-37)32-19-33(49-4)30(18-28(32)25-21-43-45(3)22-25)44-34-20-35(42-24-41-34)48-31(7-16-50-48)27-6-5-26(39)17-29(27)40/h5-6,17-22,24,31H,7-16,23H2,1-4H3,(H,41,42,44)/t31-/m1/s1. The summed E-state index contributed by atoms with van der Waals surface area (Å²) in [5.41, 5.74) is 3.99. The lowest BCUT2D eigenvalue weighted by molar-refractivity contribution is 0.0112. The van der Waals surface area contributed by atoms with Crippen LogP contribution >= 0.6 is 0 Å². The van der Waals surface area contributed by atoms with Gasteiger partial charge in [-0.2, -0.15) is 5.10 Å². The summed E-state index contributed by atoms with van der Waals surface area (Å²) in [6.45, 7) is 7.73. The van der Waals surface area contributed by atoms with E-state index in [1.165, 1.54) is 18.5 Å². The van der Waals surface area contributed by atoms with Gasteiger partial charge in [0.25, 0.3) is 0 Å². The number of aromatic nitrogens is 4. The Morgan fingerprint density at radius 1 is 1.02 bits per heavy atom. The molecule has 1 spiro atoms. The summed E-state index contributed by atoms with van der Waals surface area (Å²) in [6, 6.07) is 9.00. The summed E-state index contributed by atoms with van der Waals surface area (Å²) < 4.78 is 49.8. The van der Waals surface area contributed by atoms with Crippen molar-refractivity contribution in [3.63, 3.8) is 0 Å². The minimum absolute atomic E-state index is 0.282. The average Bonchev–Trinajstić information content (AvgIpc) is 3.78. The van der Waals surface area contributed by atoms with Crippen LogP contribution in [0.25, 0.3) is 11.1 Å². The maximum absolute atomic E-state index is 14.7. The van der Waals surface area contributed by atoms with Crippen LogP contribution in [0.4, 0.5) is 36.2 Å². The summed E-state index contributed by atoms with van der Waals surface area (Å²) in [4.78, 5) is 19.5. The number of anilines is 4. The maximum Gasteiger partial charge on any atom is 0.158 e. The van der Waals surface area contributed by atoms with Crippen LogP contribution in [0.5, 0.6) is 5.75 Å². The van der Waals surface area contributed by atoms with Crippen molar-refractivity contribution in [1.29, 1.82) is 0 Å². The van der Waals surface area contributed by atoms with Gasteiger partial charge in [-0.15, -0.1) is 0 Å². The van der Waals surface area contributed by atoms with Crippen molar-refractivity contribution < 1.29 is 22.7 Å². The summed E-state index contributed by atoms with van der Waals surface area (Å²) in [5, 5.41) is 9.44. The summed E-state index contributed by atoms with van der Waals surface area (Å²) in [6.07, 6.45) is 10.2. The summed E-state index contributed by atoms with van der Waals surface area (Å²) in [5.74, 6) is 0.333. The predicted molar refractivity (Wildman–Crippen MR) is 187 cm³/mol. The molecule has 4 aromatic rings. The number of nitrogens with zero attached hydrogens (tertiary/aromatic N) is 7. The van der Waals surface area contributed by atoms with Crippen LogP contribution < -0.4 is 20.0 Å². The molecule has 1 N–H and O–H groups in total. The molecule has 3 fully saturated rings. The van der Waals surface area contributed by atoms with Crippen molar-refractivity contribution in [2.75, 3.05) is 61.9 Å². The first kappa shape index (κ1) is 34.1. The topological polar surface area (TPSA) is 83.8 Å². The van der Waals surface area contributed by atoms with Gasteiger partial charge in [-0.05, 0) is 70.2 Å². The molecule has 0 saturated carbocycles. The Morgan fingerprint density at radius 3 is 2.46 bits per heavy atom. The van der Waals surface area contributed by atoms with Gasteiger partial charge in [-0.3, -0.25) is 14.4 Å². The van der Waals surface area contributed by atoms with Crippen LogP contribution in [-0.2, 0) is 11.9 Å². The van der Waals surface area contributed by atoms with E-state index in [2.05, 4.69) is 42.3 Å². The first-order valence-electron chi connectivity index (χ1n) is 17.3. The van der Waals surface area contributed by atoms with Crippen LogP contribution in [0.1, 0.15) is 57.6 Å². The van der Waals surface area contributed by atoms with Gasteiger partial charge in [-0.1, -0.05) is 6.07 Å². The predicted octanol–water partition coefficient (Wildman–Crippen LogP) is 7.22. The number of piperidine rings is 2. The highest BCUT2D eigenvalue weighted by Crippen LogP contribution is 2.47. The van der Waals surface area contributed by atoms with Crippen molar-refractivity contribution in [2.24, 2.45) is 12.5 Å². The molecular formula is C37H45F3N8O2. The minimum atomic E-state index is -0.629. The smallest absolute Gasteiger partial charge is 0.158 e. The van der Waals surface area contributed by atoms with Crippen molar-refractivity contribution in [2.45, 2.75) is 57.5 Å². The molecule has 50 heavy (non-hydrogen) atoms. The first-order chi connectivity index (χ1) is 24.1. The fraction of sp³-hybridized carbons (Fsp3) is 0.486. The van der Waals surface area contributed by atoms with Crippen molar-refractivity contribution in [3.05, 3.63) is 72.3 Å². The lowest BCUT2D eigenvalue weighted by Crippen LogP contribution is -2.53. The number of ether oxygens (including phenoxy) is 1.